The predicted molar refractivity (Wildman–Crippen MR) is 55.4 cm³/mol. The van der Waals surface area contributed by atoms with Gasteiger partial charge in [0.15, 0.2) is 5.82 Å². The van der Waals surface area contributed by atoms with E-state index in [-0.39, 0.29) is 0 Å². The van der Waals surface area contributed by atoms with Crippen LogP contribution in [0.4, 0.5) is 0 Å². The lowest BCUT2D eigenvalue weighted by molar-refractivity contribution is 1.06. The van der Waals surface area contributed by atoms with Crippen molar-refractivity contribution in [1.29, 1.82) is 0 Å². The molecule has 0 N–H and O–H groups in total. The lowest BCUT2D eigenvalue weighted by Crippen LogP contribution is -1.88. The average molecular weight is 183 g/mol. The van der Waals surface area contributed by atoms with Crippen molar-refractivity contribution in [1.82, 2.24) is 15.0 Å². The molecule has 0 aliphatic rings. The molecule has 0 saturated carbocycles. The Labute approximate surface area is 82.2 Å². The Kier molecular flexibility index (Phi) is 2.32. The zero-order valence-electron chi connectivity index (χ0n) is 7.59. The van der Waals surface area contributed by atoms with Gasteiger partial charge in [0, 0.05) is 5.56 Å². The van der Waals surface area contributed by atoms with E-state index in [1.807, 2.05) is 24.3 Å². The van der Waals surface area contributed by atoms with Crippen molar-refractivity contribution >= 4 is 6.08 Å². The molecule has 0 bridgehead atoms. The minimum Gasteiger partial charge on any atom is -0.225 e. The van der Waals surface area contributed by atoms with Crippen LogP contribution in [0.3, 0.4) is 0 Å². The first-order chi connectivity index (χ1) is 6.90. The van der Waals surface area contributed by atoms with Gasteiger partial charge in [0.05, 0.1) is 0 Å². The van der Waals surface area contributed by atoms with Crippen LogP contribution in [0, 0.1) is 0 Å². The zero-order valence-corrected chi connectivity index (χ0v) is 7.59. The summed E-state index contributed by atoms with van der Waals surface area (Å²) in [6, 6.07) is 7.89. The molecule has 0 spiro atoms. The Morgan fingerprint density at radius 2 is 1.64 bits per heavy atom. The van der Waals surface area contributed by atoms with Crippen LogP contribution in [0.15, 0.2) is 43.5 Å². The second kappa shape index (κ2) is 3.79. The summed E-state index contributed by atoms with van der Waals surface area (Å²) in [6.45, 7) is 3.69. The van der Waals surface area contributed by atoms with Gasteiger partial charge in [-0.3, -0.25) is 0 Å². The van der Waals surface area contributed by atoms with Crippen molar-refractivity contribution in [2.75, 3.05) is 0 Å². The second-order valence-corrected chi connectivity index (χ2v) is 2.79. The molecule has 68 valence electrons. The number of hydrogen-bond acceptors (Lipinski definition) is 3. The summed E-state index contributed by atoms with van der Waals surface area (Å²) < 4.78 is 0. The van der Waals surface area contributed by atoms with E-state index in [9.17, 15) is 0 Å². The Morgan fingerprint density at radius 3 is 2.21 bits per heavy atom. The van der Waals surface area contributed by atoms with Crippen LogP contribution >= 0.6 is 0 Å². The van der Waals surface area contributed by atoms with Crippen LogP contribution in [0.2, 0.25) is 0 Å². The lowest BCUT2D eigenvalue weighted by Gasteiger charge is -1.98. The highest BCUT2D eigenvalue weighted by atomic mass is 15.0. The SMILES string of the molecule is C=Cc1ccc(-c2ncncn2)cc1. The lowest BCUT2D eigenvalue weighted by atomic mass is 10.1. The summed E-state index contributed by atoms with van der Waals surface area (Å²) in [7, 11) is 0. The summed E-state index contributed by atoms with van der Waals surface area (Å²) >= 11 is 0. The largest absolute Gasteiger partial charge is 0.225 e. The van der Waals surface area contributed by atoms with Crippen molar-refractivity contribution in [3.63, 3.8) is 0 Å². The summed E-state index contributed by atoms with van der Waals surface area (Å²) in [4.78, 5) is 11.9. The molecular weight excluding hydrogens is 174 g/mol. The zero-order chi connectivity index (χ0) is 9.80. The molecule has 0 radical (unpaired) electrons. The van der Waals surface area contributed by atoms with E-state index >= 15 is 0 Å². The first kappa shape index (κ1) is 8.56. The van der Waals surface area contributed by atoms with Gasteiger partial charge in [-0.05, 0) is 5.56 Å². The number of aromatic nitrogens is 3. The smallest absolute Gasteiger partial charge is 0.162 e. The number of nitrogens with zero attached hydrogens (tertiary/aromatic N) is 3. The normalized spacial score (nSPS) is 9.71. The number of hydrogen-bond donors (Lipinski definition) is 0. The highest BCUT2D eigenvalue weighted by molar-refractivity contribution is 5.58. The number of rotatable bonds is 2. The van der Waals surface area contributed by atoms with E-state index in [1.54, 1.807) is 6.08 Å². The fourth-order valence-corrected chi connectivity index (χ4v) is 1.16. The van der Waals surface area contributed by atoms with E-state index in [4.69, 9.17) is 0 Å². The van der Waals surface area contributed by atoms with E-state index in [0.717, 1.165) is 11.1 Å². The van der Waals surface area contributed by atoms with Crippen LogP contribution < -0.4 is 0 Å². The molecule has 14 heavy (non-hydrogen) atoms. The van der Waals surface area contributed by atoms with Gasteiger partial charge in [-0.1, -0.05) is 36.9 Å². The molecule has 0 amide bonds. The highest BCUT2D eigenvalue weighted by Gasteiger charge is 1.98. The first-order valence-corrected chi connectivity index (χ1v) is 4.25. The average Bonchev–Trinajstić information content (AvgIpc) is 2.30. The van der Waals surface area contributed by atoms with E-state index in [1.165, 1.54) is 12.7 Å². The van der Waals surface area contributed by atoms with E-state index < -0.39 is 0 Å². The van der Waals surface area contributed by atoms with Gasteiger partial charge in [0.1, 0.15) is 12.7 Å². The molecule has 0 aliphatic heterocycles. The van der Waals surface area contributed by atoms with Gasteiger partial charge < -0.3 is 0 Å². The third-order valence-corrected chi connectivity index (χ3v) is 1.90. The van der Waals surface area contributed by atoms with Crippen molar-refractivity contribution in [3.05, 3.63) is 49.1 Å². The molecule has 1 aromatic heterocycles. The summed E-state index contributed by atoms with van der Waals surface area (Å²) in [5, 5.41) is 0. The topological polar surface area (TPSA) is 38.7 Å². The minimum absolute atomic E-state index is 0.690. The summed E-state index contributed by atoms with van der Waals surface area (Å²) in [6.07, 6.45) is 4.78. The van der Waals surface area contributed by atoms with Gasteiger partial charge >= 0.3 is 0 Å². The fourth-order valence-electron chi connectivity index (χ4n) is 1.16. The molecule has 0 fully saturated rings. The van der Waals surface area contributed by atoms with Crippen LogP contribution in [-0.2, 0) is 0 Å². The second-order valence-electron chi connectivity index (χ2n) is 2.79. The molecule has 0 aliphatic carbocycles. The van der Waals surface area contributed by atoms with Crippen LogP contribution in [-0.4, -0.2) is 15.0 Å². The van der Waals surface area contributed by atoms with Crippen LogP contribution in [0.5, 0.6) is 0 Å². The van der Waals surface area contributed by atoms with Crippen molar-refractivity contribution in [2.24, 2.45) is 0 Å². The quantitative estimate of drug-likeness (QED) is 0.716. The van der Waals surface area contributed by atoms with Crippen molar-refractivity contribution in [3.8, 4) is 11.4 Å². The molecule has 0 atom stereocenters. The Balaban J connectivity index is 2.39. The van der Waals surface area contributed by atoms with E-state index in [2.05, 4.69) is 21.5 Å². The Hall–Kier alpha value is -2.03. The first-order valence-electron chi connectivity index (χ1n) is 4.25. The third-order valence-electron chi connectivity index (χ3n) is 1.90. The van der Waals surface area contributed by atoms with Gasteiger partial charge in [-0.2, -0.15) is 0 Å². The molecule has 1 heterocycles. The van der Waals surface area contributed by atoms with Gasteiger partial charge in [-0.25, -0.2) is 15.0 Å². The third kappa shape index (κ3) is 1.66. The maximum Gasteiger partial charge on any atom is 0.162 e. The van der Waals surface area contributed by atoms with Gasteiger partial charge in [-0.15, -0.1) is 0 Å². The standard InChI is InChI=1S/C11H9N3/c1-2-9-3-5-10(6-4-9)11-13-7-12-8-14-11/h2-8H,1H2. The Morgan fingerprint density at radius 1 is 1.00 bits per heavy atom. The molecule has 3 nitrogen and oxygen atoms in total. The monoisotopic (exact) mass is 183 g/mol. The molecule has 2 rings (SSSR count). The maximum absolute atomic E-state index is 4.06. The highest BCUT2D eigenvalue weighted by Crippen LogP contribution is 2.14. The van der Waals surface area contributed by atoms with Gasteiger partial charge in [0.2, 0.25) is 0 Å². The molecule has 2 aromatic rings. The molecule has 0 saturated heterocycles. The fraction of sp³-hybridized carbons (Fsp3) is 0. The molecule has 1 aromatic carbocycles. The minimum atomic E-state index is 0.690. The summed E-state index contributed by atoms with van der Waals surface area (Å²) in [5.74, 6) is 0.690. The molecule has 3 heteroatoms. The molecular formula is C11H9N3. The van der Waals surface area contributed by atoms with E-state index in [0.29, 0.717) is 5.82 Å². The van der Waals surface area contributed by atoms with Crippen molar-refractivity contribution in [2.45, 2.75) is 0 Å². The van der Waals surface area contributed by atoms with Gasteiger partial charge in [0.25, 0.3) is 0 Å². The Bertz CT molecular complexity index is 420. The van der Waals surface area contributed by atoms with Crippen LogP contribution in [0.1, 0.15) is 5.56 Å². The predicted octanol–water partition coefficient (Wildman–Crippen LogP) is 2.18. The maximum atomic E-state index is 4.06. The number of benzene rings is 1. The molecule has 0 unspecified atom stereocenters. The van der Waals surface area contributed by atoms with Crippen LogP contribution in [0.25, 0.3) is 17.5 Å². The van der Waals surface area contributed by atoms with Crippen molar-refractivity contribution < 1.29 is 0 Å². The summed E-state index contributed by atoms with van der Waals surface area (Å²) in [5.41, 5.74) is 2.07.